The molecule has 3 aromatic rings. The minimum Gasteiger partial charge on any atom is -0.384 e. The first-order valence-electron chi connectivity index (χ1n) is 12.5. The molecule has 5 N–H and O–H groups in total. The van der Waals surface area contributed by atoms with Gasteiger partial charge in [0.25, 0.3) is 0 Å². The van der Waals surface area contributed by atoms with Gasteiger partial charge in [-0.05, 0) is 73.1 Å². The molecule has 0 saturated carbocycles. The lowest BCUT2D eigenvalue weighted by atomic mass is 9.94. The van der Waals surface area contributed by atoms with Crippen LogP contribution in [-0.4, -0.2) is 40.3 Å². The van der Waals surface area contributed by atoms with E-state index in [1.807, 2.05) is 48.2 Å². The molecule has 2 aromatic carbocycles. The summed E-state index contributed by atoms with van der Waals surface area (Å²) >= 11 is 0. The molecule has 8 nitrogen and oxygen atoms in total. The standard InChI is InChI=1S/C29H31FN6O2/c1-17-22(7-10-27(32)35-17)15-34-29(38)18(2)36-16-20(12-26(36)28(33)37)11-19-3-5-21(6-4-19)25-9-8-24(30)13-23(25)14-31/h3-10,13,18,20,26H,11-12,15-16H2,1-2H3,(H2,32,35)(H2,33,37)(H,34,38)/t18-,20?,26?/m0/s1. The Kier molecular flexibility index (Phi) is 8.03. The fourth-order valence-corrected chi connectivity index (χ4v) is 5.10. The topological polar surface area (TPSA) is 138 Å². The summed E-state index contributed by atoms with van der Waals surface area (Å²) in [5.74, 6) is -0.517. The van der Waals surface area contributed by atoms with Crippen molar-refractivity contribution in [2.24, 2.45) is 11.7 Å². The van der Waals surface area contributed by atoms with Crippen molar-refractivity contribution >= 4 is 17.6 Å². The molecular weight excluding hydrogens is 483 g/mol. The van der Waals surface area contributed by atoms with Crippen LogP contribution in [0.5, 0.6) is 0 Å². The highest BCUT2D eigenvalue weighted by Gasteiger charge is 2.40. The Hall–Kier alpha value is -4.29. The predicted molar refractivity (Wildman–Crippen MR) is 143 cm³/mol. The third-order valence-corrected chi connectivity index (χ3v) is 7.19. The van der Waals surface area contributed by atoms with Crippen LogP contribution < -0.4 is 16.8 Å². The monoisotopic (exact) mass is 514 g/mol. The van der Waals surface area contributed by atoms with Crippen molar-refractivity contribution in [3.63, 3.8) is 0 Å². The van der Waals surface area contributed by atoms with E-state index in [0.717, 1.165) is 22.4 Å². The number of primary amides is 1. The SMILES string of the molecule is Cc1nc(N)ccc1CNC(=O)[C@H](C)N1CC(Cc2ccc(-c3ccc(F)cc3C#N)cc2)CC1C(N)=O. The Morgan fingerprint density at radius 1 is 1.21 bits per heavy atom. The molecule has 9 heteroatoms. The molecule has 0 bridgehead atoms. The van der Waals surface area contributed by atoms with Crippen LogP contribution in [0.2, 0.25) is 0 Å². The third-order valence-electron chi connectivity index (χ3n) is 7.19. The molecule has 3 atom stereocenters. The van der Waals surface area contributed by atoms with Gasteiger partial charge in [-0.2, -0.15) is 5.26 Å². The van der Waals surface area contributed by atoms with Crippen LogP contribution >= 0.6 is 0 Å². The molecule has 0 spiro atoms. The number of carbonyl (C=O) groups is 2. The summed E-state index contributed by atoms with van der Waals surface area (Å²) in [6.45, 7) is 4.49. The largest absolute Gasteiger partial charge is 0.384 e. The van der Waals surface area contributed by atoms with Gasteiger partial charge in [-0.15, -0.1) is 0 Å². The van der Waals surface area contributed by atoms with E-state index in [1.54, 1.807) is 19.1 Å². The Balaban J connectivity index is 1.40. The maximum atomic E-state index is 13.5. The molecule has 2 unspecified atom stereocenters. The first kappa shape index (κ1) is 26.8. The molecule has 0 radical (unpaired) electrons. The van der Waals surface area contributed by atoms with Gasteiger partial charge in [0.05, 0.1) is 23.7 Å². The fraction of sp³-hybridized carbons (Fsp3) is 0.310. The molecule has 1 aliphatic rings. The molecule has 38 heavy (non-hydrogen) atoms. The van der Waals surface area contributed by atoms with Crippen LogP contribution in [0.3, 0.4) is 0 Å². The summed E-state index contributed by atoms with van der Waals surface area (Å²) in [6, 6.07) is 16.4. The van der Waals surface area contributed by atoms with E-state index in [0.29, 0.717) is 37.3 Å². The Bertz CT molecular complexity index is 1380. The number of nitriles is 1. The van der Waals surface area contributed by atoms with E-state index in [2.05, 4.69) is 10.3 Å². The number of benzene rings is 2. The van der Waals surface area contributed by atoms with Crippen LogP contribution in [0.15, 0.2) is 54.6 Å². The molecule has 4 rings (SSSR count). The molecule has 196 valence electrons. The molecule has 2 heterocycles. The lowest BCUT2D eigenvalue weighted by Crippen LogP contribution is -2.51. The Morgan fingerprint density at radius 3 is 2.61 bits per heavy atom. The highest BCUT2D eigenvalue weighted by atomic mass is 19.1. The van der Waals surface area contributed by atoms with E-state index in [9.17, 15) is 19.2 Å². The van der Waals surface area contributed by atoms with Crippen LogP contribution in [0, 0.1) is 30.0 Å². The summed E-state index contributed by atoms with van der Waals surface area (Å²) in [5.41, 5.74) is 15.9. The lowest BCUT2D eigenvalue weighted by Gasteiger charge is -2.28. The molecule has 1 fully saturated rings. The maximum absolute atomic E-state index is 13.5. The number of anilines is 1. The number of likely N-dealkylation sites (tertiary alicyclic amines) is 1. The van der Waals surface area contributed by atoms with Crippen molar-refractivity contribution < 1.29 is 14.0 Å². The molecular formula is C29H31FN6O2. The second-order valence-electron chi connectivity index (χ2n) is 9.79. The first-order chi connectivity index (χ1) is 18.2. The summed E-state index contributed by atoms with van der Waals surface area (Å²) < 4.78 is 13.5. The summed E-state index contributed by atoms with van der Waals surface area (Å²) in [6.07, 6.45) is 1.27. The van der Waals surface area contributed by atoms with Gasteiger partial charge in [0.1, 0.15) is 11.6 Å². The van der Waals surface area contributed by atoms with Crippen molar-refractivity contribution in [1.29, 1.82) is 5.26 Å². The second kappa shape index (κ2) is 11.4. The van der Waals surface area contributed by atoms with Gasteiger partial charge >= 0.3 is 0 Å². The van der Waals surface area contributed by atoms with E-state index >= 15 is 0 Å². The van der Waals surface area contributed by atoms with E-state index < -0.39 is 23.8 Å². The van der Waals surface area contributed by atoms with Gasteiger partial charge in [-0.1, -0.05) is 36.4 Å². The van der Waals surface area contributed by atoms with Gasteiger partial charge in [0.15, 0.2) is 0 Å². The fourth-order valence-electron chi connectivity index (χ4n) is 5.10. The normalized spacial score (nSPS) is 18.1. The molecule has 0 aliphatic carbocycles. The van der Waals surface area contributed by atoms with Crippen LogP contribution in [0.25, 0.3) is 11.1 Å². The quantitative estimate of drug-likeness (QED) is 0.422. The van der Waals surface area contributed by atoms with Crippen LogP contribution in [0.4, 0.5) is 10.2 Å². The predicted octanol–water partition coefficient (Wildman–Crippen LogP) is 3.07. The Labute approximate surface area is 221 Å². The van der Waals surface area contributed by atoms with Gasteiger partial charge in [-0.3, -0.25) is 14.5 Å². The molecule has 1 aliphatic heterocycles. The number of amides is 2. The highest BCUT2D eigenvalue weighted by molar-refractivity contribution is 5.84. The van der Waals surface area contributed by atoms with Crippen molar-refractivity contribution in [3.8, 4) is 17.2 Å². The van der Waals surface area contributed by atoms with Gasteiger partial charge in [0, 0.05) is 18.8 Å². The lowest BCUT2D eigenvalue weighted by molar-refractivity contribution is -0.129. The van der Waals surface area contributed by atoms with Gasteiger partial charge in [-0.25, -0.2) is 9.37 Å². The van der Waals surface area contributed by atoms with E-state index in [1.165, 1.54) is 12.1 Å². The van der Waals surface area contributed by atoms with E-state index in [4.69, 9.17) is 11.5 Å². The minimum atomic E-state index is -0.537. The smallest absolute Gasteiger partial charge is 0.237 e. The average molecular weight is 515 g/mol. The van der Waals surface area contributed by atoms with Crippen molar-refractivity contribution in [1.82, 2.24) is 15.2 Å². The second-order valence-corrected chi connectivity index (χ2v) is 9.79. The summed E-state index contributed by atoms with van der Waals surface area (Å²) in [4.78, 5) is 31.3. The third kappa shape index (κ3) is 5.98. The zero-order valence-corrected chi connectivity index (χ0v) is 21.4. The minimum absolute atomic E-state index is 0.137. The molecule has 2 amide bonds. The van der Waals surface area contributed by atoms with E-state index in [-0.39, 0.29) is 17.4 Å². The number of carbonyl (C=O) groups excluding carboxylic acids is 2. The van der Waals surface area contributed by atoms with Gasteiger partial charge in [0.2, 0.25) is 11.8 Å². The van der Waals surface area contributed by atoms with Crippen molar-refractivity contribution in [2.75, 3.05) is 12.3 Å². The number of rotatable bonds is 8. The average Bonchev–Trinajstić information content (AvgIpc) is 3.32. The van der Waals surface area contributed by atoms with Crippen molar-refractivity contribution in [3.05, 3.63) is 82.8 Å². The number of nitrogen functional groups attached to an aromatic ring is 1. The number of nitrogens with one attached hydrogen (secondary N) is 1. The summed E-state index contributed by atoms with van der Waals surface area (Å²) in [5, 5.41) is 12.3. The van der Waals surface area contributed by atoms with Gasteiger partial charge < -0.3 is 16.8 Å². The zero-order chi connectivity index (χ0) is 27.4. The maximum Gasteiger partial charge on any atom is 0.237 e. The number of nitrogens with zero attached hydrogens (tertiary/aromatic N) is 3. The number of aromatic nitrogens is 1. The van der Waals surface area contributed by atoms with Crippen LogP contribution in [0.1, 0.15) is 35.7 Å². The molecule has 1 aromatic heterocycles. The number of aryl methyl sites for hydroxylation is 1. The van der Waals surface area contributed by atoms with Crippen LogP contribution in [-0.2, 0) is 22.6 Å². The number of halogens is 1. The number of hydrogen-bond acceptors (Lipinski definition) is 6. The molecule has 1 saturated heterocycles. The first-order valence-corrected chi connectivity index (χ1v) is 12.5. The number of pyridine rings is 1. The highest BCUT2D eigenvalue weighted by Crippen LogP contribution is 2.30. The number of nitrogens with two attached hydrogens (primary N) is 2. The zero-order valence-electron chi connectivity index (χ0n) is 21.4. The number of hydrogen-bond donors (Lipinski definition) is 3. The summed E-state index contributed by atoms with van der Waals surface area (Å²) in [7, 11) is 0. The Morgan fingerprint density at radius 2 is 1.95 bits per heavy atom. The van der Waals surface area contributed by atoms with Crippen molar-refractivity contribution in [2.45, 2.75) is 45.3 Å².